The van der Waals surface area contributed by atoms with E-state index in [4.69, 9.17) is 48.4 Å². The van der Waals surface area contributed by atoms with E-state index in [2.05, 4.69) is 20.1 Å². The minimum atomic E-state index is -0.760. The third-order valence-corrected chi connectivity index (χ3v) is 13.7. The van der Waals surface area contributed by atoms with Gasteiger partial charge in [-0.3, -0.25) is 4.79 Å². The van der Waals surface area contributed by atoms with Gasteiger partial charge in [-0.15, -0.1) is 0 Å². The molecule has 18 atom stereocenters. The van der Waals surface area contributed by atoms with Gasteiger partial charge in [-0.2, -0.15) is 0 Å². The third-order valence-electron chi connectivity index (χ3n) is 13.7. The van der Waals surface area contributed by atoms with Crippen LogP contribution in [0.15, 0.2) is 24.3 Å². The van der Waals surface area contributed by atoms with E-state index in [0.29, 0.717) is 51.0 Å². The van der Waals surface area contributed by atoms with Crippen molar-refractivity contribution in [3.8, 4) is 0 Å². The van der Waals surface area contributed by atoms with Crippen molar-refractivity contribution in [2.45, 2.75) is 188 Å². The van der Waals surface area contributed by atoms with Crippen LogP contribution < -0.4 is 5.73 Å². The molecule has 0 aromatic rings. The fourth-order valence-electron chi connectivity index (χ4n) is 11.1. The molecule has 10 rings (SSSR count). The Morgan fingerprint density at radius 3 is 2.36 bits per heavy atom. The molecule has 0 aromatic carbocycles. The summed E-state index contributed by atoms with van der Waals surface area (Å²) < 4.78 is 60.0. The molecule has 2 N–H and O–H groups in total. The molecule has 50 heavy (non-hydrogen) atoms. The maximum Gasteiger partial charge on any atom is 0.172 e. The van der Waals surface area contributed by atoms with E-state index in [-0.39, 0.29) is 103 Å². The number of fused-ring (bicyclic) bond motifs is 6. The van der Waals surface area contributed by atoms with Gasteiger partial charge in [0.1, 0.15) is 36.3 Å². The first kappa shape index (κ1) is 34.5. The Labute approximate surface area is 296 Å². The first-order chi connectivity index (χ1) is 24.2. The molecular weight excluding hydrogens is 642 g/mol. The Balaban J connectivity index is 0.994. The summed E-state index contributed by atoms with van der Waals surface area (Å²) in [6.45, 7) is 11.7. The van der Waals surface area contributed by atoms with E-state index in [1.165, 1.54) is 0 Å². The lowest BCUT2D eigenvalue weighted by Gasteiger charge is -2.47. The van der Waals surface area contributed by atoms with E-state index in [9.17, 15) is 4.79 Å². The number of ketones is 1. The lowest BCUT2D eigenvalue weighted by Crippen LogP contribution is -2.61. The second-order valence-corrected chi connectivity index (χ2v) is 16.9. The molecule has 10 aliphatic heterocycles. The molecular formula is C39H57NO10. The van der Waals surface area contributed by atoms with E-state index in [1.807, 2.05) is 0 Å². The van der Waals surface area contributed by atoms with Crippen molar-refractivity contribution in [1.82, 2.24) is 0 Å². The molecule has 10 saturated heterocycles. The lowest BCUT2D eigenvalue weighted by atomic mass is 9.81. The number of ether oxygens (including phenoxy) is 9. The molecule has 12 bridgehead atoms. The maximum absolute atomic E-state index is 14.0. The van der Waals surface area contributed by atoms with E-state index in [0.717, 1.165) is 56.1 Å². The van der Waals surface area contributed by atoms with Crippen LogP contribution in [0.5, 0.6) is 0 Å². The molecule has 11 nitrogen and oxygen atoms in total. The summed E-state index contributed by atoms with van der Waals surface area (Å²) in [5.41, 5.74) is 8.28. The molecule has 1 spiro atoms. The quantitative estimate of drug-likeness (QED) is 0.429. The zero-order valence-electron chi connectivity index (χ0n) is 29.8. The summed E-state index contributed by atoms with van der Waals surface area (Å²) in [7, 11) is 1.72. The first-order valence-corrected chi connectivity index (χ1v) is 19.6. The molecule has 0 radical (unpaired) electrons. The van der Waals surface area contributed by atoms with Crippen LogP contribution in [0.2, 0.25) is 0 Å². The highest BCUT2D eigenvalue weighted by Gasteiger charge is 2.68. The van der Waals surface area contributed by atoms with E-state index >= 15 is 0 Å². The van der Waals surface area contributed by atoms with Gasteiger partial charge in [0.15, 0.2) is 5.79 Å². The molecule has 278 valence electrons. The monoisotopic (exact) mass is 699 g/mol. The average Bonchev–Trinajstić information content (AvgIpc) is 3.76. The molecule has 10 aliphatic rings. The van der Waals surface area contributed by atoms with Crippen LogP contribution in [-0.4, -0.2) is 117 Å². The molecule has 0 amide bonds. The van der Waals surface area contributed by atoms with E-state index in [1.54, 1.807) is 7.11 Å². The SMILES string of the molecule is C=C1C[C@@H]2CC[C@@]34C[C@H]5O[C@H]6[C@@H](O3)[C@H]3O[C@H](CC[C@@H]3O[C@H]6[C@H]5O4)CC(=O)C[C@@H]3[C@@H](OC)[C@@H](CCN)O[C@H]3C[C@H]3O[C@@H](CC[C@@H]1O2)C[C@@H](C)C3=C. The number of carbonyl (C=O) groups excluding carboxylic acids is 1. The molecule has 0 saturated carbocycles. The van der Waals surface area contributed by atoms with Crippen molar-refractivity contribution in [1.29, 1.82) is 0 Å². The molecule has 10 heterocycles. The second kappa shape index (κ2) is 13.6. The van der Waals surface area contributed by atoms with Crippen LogP contribution in [0.1, 0.15) is 90.4 Å². The van der Waals surface area contributed by atoms with Crippen molar-refractivity contribution < 1.29 is 47.4 Å². The Morgan fingerprint density at radius 1 is 0.760 bits per heavy atom. The first-order valence-electron chi connectivity index (χ1n) is 19.6. The molecule has 0 aliphatic carbocycles. The molecule has 0 aromatic heterocycles. The van der Waals surface area contributed by atoms with Gasteiger partial charge in [0.2, 0.25) is 0 Å². The highest BCUT2D eigenvalue weighted by molar-refractivity contribution is 5.79. The van der Waals surface area contributed by atoms with Crippen LogP contribution in [0.25, 0.3) is 0 Å². The average molecular weight is 700 g/mol. The van der Waals surface area contributed by atoms with Gasteiger partial charge in [-0.25, -0.2) is 0 Å². The van der Waals surface area contributed by atoms with Crippen molar-refractivity contribution >= 4 is 5.78 Å². The standard InChI is InChI=1S/C39H57NO10/c1-19-13-23-5-7-27-20(2)14-25(43-27)9-11-39-18-32-35(49-39)36-37(48-32)38(50-39)34-28(47-36)8-6-24(45-34)15-22(41)16-26-31(17-30(44-23)21(19)3)46-29(10-12-40)33(26)42-4/h19,23-38H,2-3,5-18,40H2,1,4H3/t19-,23+,24-,25+,26+,27+,28+,29-,30-,31+,32-,33-,34+,35+,36+,37-,38+,39+/m1/s1. The number of hydrogen-bond donors (Lipinski definition) is 1. The minimum Gasteiger partial charge on any atom is -0.378 e. The topological polar surface area (TPSA) is 126 Å². The fraction of sp³-hybridized carbons (Fsp3) is 0.872. The van der Waals surface area contributed by atoms with Crippen LogP contribution in [0, 0.1) is 11.8 Å². The van der Waals surface area contributed by atoms with Crippen molar-refractivity contribution in [2.24, 2.45) is 17.6 Å². The van der Waals surface area contributed by atoms with Gasteiger partial charge < -0.3 is 48.4 Å². The minimum absolute atomic E-state index is 0.00951. The van der Waals surface area contributed by atoms with Gasteiger partial charge in [0.25, 0.3) is 0 Å². The van der Waals surface area contributed by atoms with Crippen molar-refractivity contribution in [2.75, 3.05) is 13.7 Å². The summed E-state index contributed by atoms with van der Waals surface area (Å²) >= 11 is 0. The van der Waals surface area contributed by atoms with Gasteiger partial charge in [-0.1, -0.05) is 20.1 Å². The van der Waals surface area contributed by atoms with Gasteiger partial charge in [-0.05, 0) is 75.0 Å². The van der Waals surface area contributed by atoms with Gasteiger partial charge in [0, 0.05) is 45.1 Å². The Hall–Kier alpha value is -1.25. The number of carbonyl (C=O) groups is 1. The molecule has 10 fully saturated rings. The van der Waals surface area contributed by atoms with Crippen LogP contribution >= 0.6 is 0 Å². The van der Waals surface area contributed by atoms with E-state index < -0.39 is 5.79 Å². The number of nitrogens with two attached hydrogens (primary N) is 1. The fourth-order valence-corrected chi connectivity index (χ4v) is 11.1. The zero-order chi connectivity index (χ0) is 34.3. The van der Waals surface area contributed by atoms with Crippen molar-refractivity contribution in [3.63, 3.8) is 0 Å². The summed E-state index contributed by atoms with van der Waals surface area (Å²) in [5.74, 6) is -0.396. The summed E-state index contributed by atoms with van der Waals surface area (Å²) in [6, 6.07) is 0. The number of rotatable bonds is 3. The summed E-state index contributed by atoms with van der Waals surface area (Å²) in [6.07, 6.45) is 7.16. The normalized spacial score (nSPS) is 53.3. The van der Waals surface area contributed by atoms with Crippen LogP contribution in [0.3, 0.4) is 0 Å². The van der Waals surface area contributed by atoms with Gasteiger partial charge in [0.05, 0.1) is 61.0 Å². The maximum atomic E-state index is 14.0. The smallest absolute Gasteiger partial charge is 0.172 e. The number of methoxy groups -OCH3 is 1. The second-order valence-electron chi connectivity index (χ2n) is 16.9. The largest absolute Gasteiger partial charge is 0.378 e. The highest BCUT2D eigenvalue weighted by atomic mass is 16.8. The predicted octanol–water partition coefficient (Wildman–Crippen LogP) is 4.08. The van der Waals surface area contributed by atoms with Crippen LogP contribution in [-0.2, 0) is 47.4 Å². The zero-order valence-corrected chi connectivity index (χ0v) is 29.8. The lowest BCUT2D eigenvalue weighted by molar-refractivity contribution is -0.292. The summed E-state index contributed by atoms with van der Waals surface area (Å²) in [4.78, 5) is 14.0. The van der Waals surface area contributed by atoms with Crippen molar-refractivity contribution in [3.05, 3.63) is 24.3 Å². The number of Topliss-reactive ketones (excluding diaryl/α,β-unsaturated/α-hetero) is 1. The summed E-state index contributed by atoms with van der Waals surface area (Å²) in [5, 5.41) is 0. The Bertz CT molecular complexity index is 1330. The molecule has 11 heteroatoms. The Kier molecular flexibility index (Phi) is 9.36. The molecule has 0 unspecified atom stereocenters. The van der Waals surface area contributed by atoms with Gasteiger partial charge >= 0.3 is 0 Å². The number of hydrogen-bond acceptors (Lipinski definition) is 11. The van der Waals surface area contributed by atoms with Crippen LogP contribution in [0.4, 0.5) is 0 Å². The third kappa shape index (κ3) is 6.09. The highest BCUT2D eigenvalue weighted by Crippen LogP contribution is 2.54. The predicted molar refractivity (Wildman–Crippen MR) is 180 cm³/mol. The Morgan fingerprint density at radius 2 is 1.52 bits per heavy atom.